The van der Waals surface area contributed by atoms with Crippen LogP contribution in [0, 0.1) is 17.7 Å². The minimum absolute atomic E-state index is 0.00686. The van der Waals surface area contributed by atoms with Crippen LogP contribution in [-0.4, -0.2) is 43.1 Å². The van der Waals surface area contributed by atoms with E-state index in [0.717, 1.165) is 18.7 Å². The van der Waals surface area contributed by atoms with Crippen molar-refractivity contribution in [2.75, 3.05) is 26.7 Å². The zero-order chi connectivity index (χ0) is 19.3. The molecular weight excluding hydrogens is 331 g/mol. The van der Waals surface area contributed by atoms with Gasteiger partial charge in [-0.05, 0) is 56.2 Å². The Labute approximate surface area is 157 Å². The van der Waals surface area contributed by atoms with E-state index in [1.54, 1.807) is 12.1 Å². The third-order valence-electron chi connectivity index (χ3n) is 5.30. The van der Waals surface area contributed by atoms with E-state index in [1.807, 2.05) is 0 Å². The second-order valence-electron chi connectivity index (χ2n) is 8.41. The molecule has 1 heterocycles. The van der Waals surface area contributed by atoms with Crippen molar-refractivity contribution in [1.29, 1.82) is 0 Å². The Hall–Kier alpha value is -1.62. The Morgan fingerprint density at radius 2 is 1.96 bits per heavy atom. The van der Waals surface area contributed by atoms with Crippen molar-refractivity contribution in [3.8, 4) is 5.75 Å². The van der Waals surface area contributed by atoms with Gasteiger partial charge in [-0.3, -0.25) is 9.69 Å². The predicted octanol–water partition coefficient (Wildman–Crippen LogP) is 3.64. The number of carbonyl (C=O) groups excluding carboxylic acids is 1. The van der Waals surface area contributed by atoms with E-state index in [0.29, 0.717) is 31.2 Å². The van der Waals surface area contributed by atoms with Gasteiger partial charge in [-0.25, -0.2) is 4.39 Å². The Balaban J connectivity index is 1.81. The molecule has 4 nitrogen and oxygen atoms in total. The third-order valence-corrected chi connectivity index (χ3v) is 5.30. The average molecular weight is 365 g/mol. The normalized spacial score (nSPS) is 21.5. The highest BCUT2D eigenvalue weighted by atomic mass is 19.1. The highest BCUT2D eigenvalue weighted by molar-refractivity contribution is 5.76. The number of halogens is 1. The van der Waals surface area contributed by atoms with E-state index in [9.17, 15) is 9.18 Å². The zero-order valence-electron chi connectivity index (χ0n) is 16.8. The summed E-state index contributed by atoms with van der Waals surface area (Å²) in [6, 6.07) is 4.84. The summed E-state index contributed by atoms with van der Waals surface area (Å²) < 4.78 is 18.6. The molecule has 2 atom stereocenters. The van der Waals surface area contributed by atoms with Crippen LogP contribution in [0.1, 0.15) is 46.1 Å². The van der Waals surface area contributed by atoms with Crippen molar-refractivity contribution in [3.63, 3.8) is 0 Å². The summed E-state index contributed by atoms with van der Waals surface area (Å²) >= 11 is 0. The SMILES string of the molecule is COc1ccc(CCC(=O)NCC(C)(C)N2CC(C)CC(C)C2)cc1F. The Kier molecular flexibility index (Phi) is 7.04. The van der Waals surface area contributed by atoms with Gasteiger partial charge in [0.15, 0.2) is 11.6 Å². The lowest BCUT2D eigenvalue weighted by molar-refractivity contribution is -0.121. The quantitative estimate of drug-likeness (QED) is 0.803. The average Bonchev–Trinajstić information content (AvgIpc) is 2.57. The van der Waals surface area contributed by atoms with E-state index in [-0.39, 0.29) is 23.0 Å². The highest BCUT2D eigenvalue weighted by Crippen LogP contribution is 2.27. The fraction of sp³-hybridized carbons (Fsp3) is 0.667. The molecule has 2 rings (SSSR count). The van der Waals surface area contributed by atoms with E-state index in [1.165, 1.54) is 19.6 Å². The first-order valence-corrected chi connectivity index (χ1v) is 9.55. The van der Waals surface area contributed by atoms with E-state index < -0.39 is 0 Å². The second-order valence-corrected chi connectivity index (χ2v) is 8.41. The molecule has 1 aliphatic rings. The number of amides is 1. The number of nitrogens with one attached hydrogen (secondary N) is 1. The number of rotatable bonds is 7. The van der Waals surface area contributed by atoms with Gasteiger partial charge >= 0.3 is 0 Å². The van der Waals surface area contributed by atoms with Crippen molar-refractivity contribution in [2.45, 2.75) is 52.5 Å². The smallest absolute Gasteiger partial charge is 0.220 e. The molecule has 2 unspecified atom stereocenters. The number of benzene rings is 1. The number of piperidine rings is 1. The van der Waals surface area contributed by atoms with Crippen molar-refractivity contribution in [3.05, 3.63) is 29.6 Å². The van der Waals surface area contributed by atoms with Crippen LogP contribution in [-0.2, 0) is 11.2 Å². The first-order chi connectivity index (χ1) is 12.2. The van der Waals surface area contributed by atoms with E-state index >= 15 is 0 Å². The maximum absolute atomic E-state index is 13.7. The molecule has 0 bridgehead atoms. The van der Waals surface area contributed by atoms with E-state index in [2.05, 4.69) is 37.9 Å². The van der Waals surface area contributed by atoms with Crippen LogP contribution in [0.4, 0.5) is 4.39 Å². The monoisotopic (exact) mass is 364 g/mol. The highest BCUT2D eigenvalue weighted by Gasteiger charge is 2.32. The number of aryl methyl sites for hydroxylation is 1. The molecule has 26 heavy (non-hydrogen) atoms. The van der Waals surface area contributed by atoms with Gasteiger partial charge in [-0.15, -0.1) is 0 Å². The molecule has 1 saturated heterocycles. The van der Waals surface area contributed by atoms with Gasteiger partial charge in [0, 0.05) is 31.6 Å². The zero-order valence-corrected chi connectivity index (χ0v) is 16.8. The van der Waals surface area contributed by atoms with Crippen molar-refractivity contribution in [2.24, 2.45) is 11.8 Å². The second kappa shape index (κ2) is 8.85. The van der Waals surface area contributed by atoms with Crippen molar-refractivity contribution < 1.29 is 13.9 Å². The molecule has 1 aliphatic heterocycles. The molecule has 1 aromatic rings. The van der Waals surface area contributed by atoms with Gasteiger partial charge < -0.3 is 10.1 Å². The minimum atomic E-state index is -0.389. The summed E-state index contributed by atoms with van der Waals surface area (Å²) in [6.07, 6.45) is 2.15. The van der Waals surface area contributed by atoms with Gasteiger partial charge in [-0.1, -0.05) is 19.9 Å². The minimum Gasteiger partial charge on any atom is -0.494 e. The third kappa shape index (κ3) is 5.70. The van der Waals surface area contributed by atoms with Crippen molar-refractivity contribution >= 4 is 5.91 Å². The molecule has 1 amide bonds. The Morgan fingerprint density at radius 3 is 2.54 bits per heavy atom. The summed E-state index contributed by atoms with van der Waals surface area (Å²) in [5, 5.41) is 3.06. The van der Waals surface area contributed by atoms with Gasteiger partial charge in [-0.2, -0.15) is 0 Å². The number of carbonyl (C=O) groups is 1. The van der Waals surface area contributed by atoms with Crippen LogP contribution in [0.3, 0.4) is 0 Å². The van der Waals surface area contributed by atoms with Crippen LogP contribution in [0.25, 0.3) is 0 Å². The summed E-state index contributed by atoms with van der Waals surface area (Å²) in [4.78, 5) is 14.7. The molecule has 0 spiro atoms. The fourth-order valence-corrected chi connectivity index (χ4v) is 3.80. The molecule has 1 aromatic carbocycles. The van der Waals surface area contributed by atoms with Crippen LogP contribution < -0.4 is 10.1 Å². The molecule has 146 valence electrons. The van der Waals surface area contributed by atoms with Crippen LogP contribution >= 0.6 is 0 Å². The van der Waals surface area contributed by atoms with Gasteiger partial charge in [0.05, 0.1) is 7.11 Å². The molecular formula is C21H33FN2O2. The molecule has 0 saturated carbocycles. The summed E-state index contributed by atoms with van der Waals surface area (Å²) in [5.41, 5.74) is 0.738. The Bertz CT molecular complexity index is 608. The van der Waals surface area contributed by atoms with Crippen molar-refractivity contribution in [1.82, 2.24) is 10.2 Å². The number of nitrogens with zero attached hydrogens (tertiary/aromatic N) is 1. The van der Waals surface area contributed by atoms with Gasteiger partial charge in [0.1, 0.15) is 0 Å². The lowest BCUT2D eigenvalue weighted by Crippen LogP contribution is -2.56. The maximum Gasteiger partial charge on any atom is 0.220 e. The first kappa shape index (κ1) is 20.7. The summed E-state index contributed by atoms with van der Waals surface area (Å²) in [6.45, 7) is 11.8. The fourth-order valence-electron chi connectivity index (χ4n) is 3.80. The summed E-state index contributed by atoms with van der Waals surface area (Å²) in [7, 11) is 1.44. The predicted molar refractivity (Wildman–Crippen MR) is 103 cm³/mol. The number of hydrogen-bond acceptors (Lipinski definition) is 3. The topological polar surface area (TPSA) is 41.6 Å². The standard InChI is InChI=1S/C21H33FN2O2/c1-15-10-16(2)13-24(12-15)21(3,4)14-23-20(25)9-7-17-6-8-19(26-5)18(22)11-17/h6,8,11,15-16H,7,9-10,12-14H2,1-5H3,(H,23,25). The van der Waals surface area contributed by atoms with Crippen LogP contribution in [0.5, 0.6) is 5.75 Å². The molecule has 0 aliphatic carbocycles. The number of ether oxygens (including phenoxy) is 1. The maximum atomic E-state index is 13.7. The summed E-state index contributed by atoms with van der Waals surface area (Å²) in [5.74, 6) is 1.23. The molecule has 0 aromatic heterocycles. The molecule has 5 heteroatoms. The number of methoxy groups -OCH3 is 1. The largest absolute Gasteiger partial charge is 0.494 e. The van der Waals surface area contributed by atoms with Gasteiger partial charge in [0.2, 0.25) is 5.91 Å². The number of hydrogen-bond donors (Lipinski definition) is 1. The van der Waals surface area contributed by atoms with Crippen LogP contribution in [0.2, 0.25) is 0 Å². The Morgan fingerprint density at radius 1 is 1.31 bits per heavy atom. The number of likely N-dealkylation sites (tertiary alicyclic amines) is 1. The molecule has 1 N–H and O–H groups in total. The molecule has 1 fully saturated rings. The van der Waals surface area contributed by atoms with E-state index in [4.69, 9.17) is 4.74 Å². The lowest BCUT2D eigenvalue weighted by Gasteiger charge is -2.45. The lowest BCUT2D eigenvalue weighted by atomic mass is 9.88. The first-order valence-electron chi connectivity index (χ1n) is 9.55. The van der Waals surface area contributed by atoms with Crippen LogP contribution in [0.15, 0.2) is 18.2 Å². The molecule has 0 radical (unpaired) electrons. The van der Waals surface area contributed by atoms with Gasteiger partial charge in [0.25, 0.3) is 0 Å².